The monoisotopic (exact) mass is 477 g/mol. The van der Waals surface area contributed by atoms with Crippen LogP contribution in [0.15, 0.2) is 35.2 Å². The molecular formula is C19H19ClF3N3O4S. The predicted molar refractivity (Wildman–Crippen MR) is 110 cm³/mol. The van der Waals surface area contributed by atoms with E-state index in [9.17, 15) is 31.7 Å². The van der Waals surface area contributed by atoms with Crippen molar-refractivity contribution in [1.29, 1.82) is 0 Å². The van der Waals surface area contributed by atoms with Gasteiger partial charge in [-0.2, -0.15) is 17.5 Å². The van der Waals surface area contributed by atoms with Gasteiger partial charge in [-0.05, 0) is 37.1 Å². The summed E-state index contributed by atoms with van der Waals surface area (Å²) in [4.78, 5) is 12.1. The van der Waals surface area contributed by atoms with Gasteiger partial charge in [0.25, 0.3) is 5.69 Å². The number of hydrogen-bond acceptors (Lipinski definition) is 5. The average molecular weight is 478 g/mol. The van der Waals surface area contributed by atoms with Crippen LogP contribution in [0.5, 0.6) is 0 Å². The Morgan fingerprint density at radius 2 is 1.68 bits per heavy atom. The third-order valence-corrected chi connectivity index (χ3v) is 7.46. The Labute approximate surface area is 182 Å². The summed E-state index contributed by atoms with van der Waals surface area (Å²) in [6.07, 6.45) is -4.83. The summed E-state index contributed by atoms with van der Waals surface area (Å²) in [7, 11) is -3.78. The lowest BCUT2D eigenvalue weighted by atomic mass is 10.1. The number of aryl methyl sites for hydroxylation is 2. The van der Waals surface area contributed by atoms with Crippen LogP contribution in [0.2, 0.25) is 5.02 Å². The van der Waals surface area contributed by atoms with Gasteiger partial charge in [-0.15, -0.1) is 0 Å². The van der Waals surface area contributed by atoms with Gasteiger partial charge in [-0.3, -0.25) is 10.1 Å². The largest absolute Gasteiger partial charge is 0.418 e. The Kier molecular flexibility index (Phi) is 6.23. The lowest BCUT2D eigenvalue weighted by Gasteiger charge is -2.35. The number of nitrogens with zero attached hydrogens (tertiary/aromatic N) is 3. The highest BCUT2D eigenvalue weighted by molar-refractivity contribution is 7.89. The number of benzene rings is 2. The lowest BCUT2D eigenvalue weighted by Crippen LogP contribution is -2.49. The van der Waals surface area contributed by atoms with Crippen molar-refractivity contribution in [2.45, 2.75) is 24.9 Å². The second kappa shape index (κ2) is 8.29. The molecule has 0 bridgehead atoms. The summed E-state index contributed by atoms with van der Waals surface area (Å²) in [5, 5.41) is 10.7. The van der Waals surface area contributed by atoms with Crippen LogP contribution in [0, 0.1) is 24.0 Å². The van der Waals surface area contributed by atoms with E-state index in [2.05, 4.69) is 0 Å². The minimum absolute atomic E-state index is 0.0194. The fraction of sp³-hybridized carbons (Fsp3) is 0.368. The second-order valence-corrected chi connectivity index (χ2v) is 9.55. The molecule has 12 heteroatoms. The zero-order valence-corrected chi connectivity index (χ0v) is 18.2. The number of rotatable bonds is 4. The zero-order valence-electron chi connectivity index (χ0n) is 16.6. The molecule has 2 aromatic carbocycles. The molecule has 1 saturated heterocycles. The van der Waals surface area contributed by atoms with Crippen LogP contribution >= 0.6 is 11.6 Å². The third-order valence-electron chi connectivity index (χ3n) is 5.11. The lowest BCUT2D eigenvalue weighted by molar-refractivity contribution is -0.384. The molecule has 2 aromatic rings. The Morgan fingerprint density at radius 1 is 1.06 bits per heavy atom. The second-order valence-electron chi connectivity index (χ2n) is 7.24. The van der Waals surface area contributed by atoms with Gasteiger partial charge in [0.2, 0.25) is 10.0 Å². The first-order chi connectivity index (χ1) is 14.3. The molecule has 1 aliphatic rings. The molecule has 1 heterocycles. The van der Waals surface area contributed by atoms with Crippen LogP contribution in [0.4, 0.5) is 24.5 Å². The maximum atomic E-state index is 13.1. The van der Waals surface area contributed by atoms with E-state index >= 15 is 0 Å². The molecule has 31 heavy (non-hydrogen) atoms. The van der Waals surface area contributed by atoms with Crippen LogP contribution in [0.1, 0.15) is 16.7 Å². The van der Waals surface area contributed by atoms with Crippen molar-refractivity contribution in [3.05, 3.63) is 62.2 Å². The van der Waals surface area contributed by atoms with Crippen LogP contribution in [-0.2, 0) is 16.2 Å². The summed E-state index contributed by atoms with van der Waals surface area (Å²) in [6, 6.07) is 6.43. The van der Waals surface area contributed by atoms with Gasteiger partial charge in [0.1, 0.15) is 5.69 Å². The summed E-state index contributed by atoms with van der Waals surface area (Å²) in [6.45, 7) is 3.64. The minimum atomic E-state index is -4.83. The van der Waals surface area contributed by atoms with Gasteiger partial charge in [0.05, 0.1) is 20.4 Å². The molecule has 0 aromatic heterocycles. The molecule has 3 rings (SSSR count). The topological polar surface area (TPSA) is 83.8 Å². The number of nitro benzene ring substituents is 1. The Balaban J connectivity index is 1.88. The SMILES string of the molecule is Cc1ccc(C)c(S(=O)(=O)N2CCN(c3cc(Cl)c(C(F)(F)F)cc3[N+](=O)[O-])CC2)c1. The molecule has 0 amide bonds. The fourth-order valence-corrected chi connectivity index (χ4v) is 5.46. The summed E-state index contributed by atoms with van der Waals surface area (Å²) >= 11 is 5.75. The van der Waals surface area contributed by atoms with E-state index in [1.165, 1.54) is 9.21 Å². The molecule has 0 atom stereocenters. The van der Waals surface area contributed by atoms with E-state index in [1.54, 1.807) is 32.0 Å². The van der Waals surface area contributed by atoms with E-state index in [4.69, 9.17) is 11.6 Å². The van der Waals surface area contributed by atoms with Gasteiger partial charge in [-0.25, -0.2) is 8.42 Å². The van der Waals surface area contributed by atoms with E-state index in [-0.39, 0.29) is 36.8 Å². The standard InChI is InChI=1S/C19H19ClF3N3O4S/c1-12-3-4-13(2)18(9-12)31(29,30)25-7-5-24(6-8-25)16-11-15(20)14(19(21,22)23)10-17(16)26(27)28/h3-4,9-11H,5-8H2,1-2H3. The molecule has 0 N–H and O–H groups in total. The average Bonchev–Trinajstić information content (AvgIpc) is 2.68. The number of anilines is 1. The van der Waals surface area contributed by atoms with Gasteiger partial charge in [-0.1, -0.05) is 23.7 Å². The first-order valence-corrected chi connectivity index (χ1v) is 11.0. The first kappa shape index (κ1) is 23.3. The number of hydrogen-bond donors (Lipinski definition) is 0. The van der Waals surface area contributed by atoms with Crippen molar-refractivity contribution >= 4 is 33.0 Å². The highest BCUT2D eigenvalue weighted by Gasteiger charge is 2.38. The van der Waals surface area contributed by atoms with E-state index in [1.807, 2.05) is 0 Å². The number of sulfonamides is 1. The van der Waals surface area contributed by atoms with Crippen molar-refractivity contribution in [3.63, 3.8) is 0 Å². The Morgan fingerprint density at radius 3 is 2.23 bits per heavy atom. The molecule has 1 fully saturated rings. The number of nitro groups is 1. The zero-order chi connectivity index (χ0) is 23.1. The molecule has 0 saturated carbocycles. The van der Waals surface area contributed by atoms with Crippen molar-refractivity contribution in [1.82, 2.24) is 4.31 Å². The molecule has 1 aliphatic heterocycles. The predicted octanol–water partition coefficient (Wildman–Crippen LogP) is 4.39. The summed E-state index contributed by atoms with van der Waals surface area (Å²) in [5.74, 6) is 0. The molecule has 0 aliphatic carbocycles. The number of alkyl halides is 3. The van der Waals surface area contributed by atoms with Crippen molar-refractivity contribution < 1.29 is 26.5 Å². The Hall–Kier alpha value is -2.37. The summed E-state index contributed by atoms with van der Waals surface area (Å²) < 4.78 is 66.6. The van der Waals surface area contributed by atoms with Gasteiger partial charge < -0.3 is 4.90 Å². The summed E-state index contributed by atoms with van der Waals surface area (Å²) in [5.41, 5.74) is -0.717. The molecule has 0 spiro atoms. The normalized spacial score (nSPS) is 15.9. The van der Waals surface area contributed by atoms with Gasteiger partial charge >= 0.3 is 6.18 Å². The van der Waals surface area contributed by atoms with E-state index in [0.717, 1.165) is 11.6 Å². The molecule has 168 valence electrons. The molecule has 7 nitrogen and oxygen atoms in total. The maximum absolute atomic E-state index is 13.1. The smallest absolute Gasteiger partial charge is 0.363 e. The molecular weight excluding hydrogens is 459 g/mol. The number of piperazine rings is 1. The van der Waals surface area contributed by atoms with Crippen molar-refractivity contribution in [2.24, 2.45) is 0 Å². The van der Waals surface area contributed by atoms with Crippen LogP contribution < -0.4 is 4.90 Å². The van der Waals surface area contributed by atoms with Crippen molar-refractivity contribution in [3.8, 4) is 0 Å². The number of halogens is 4. The Bertz CT molecular complexity index is 1130. The van der Waals surface area contributed by atoms with Gasteiger partial charge in [0, 0.05) is 32.2 Å². The van der Waals surface area contributed by atoms with Crippen LogP contribution in [0.3, 0.4) is 0 Å². The minimum Gasteiger partial charge on any atom is -0.363 e. The highest BCUT2D eigenvalue weighted by Crippen LogP contribution is 2.41. The van der Waals surface area contributed by atoms with Gasteiger partial charge in [0.15, 0.2) is 0 Å². The van der Waals surface area contributed by atoms with Crippen LogP contribution in [0.25, 0.3) is 0 Å². The quantitative estimate of drug-likeness (QED) is 0.481. The van der Waals surface area contributed by atoms with Crippen molar-refractivity contribution in [2.75, 3.05) is 31.1 Å². The third kappa shape index (κ3) is 4.63. The molecule has 0 unspecified atom stereocenters. The van der Waals surface area contributed by atoms with Crippen LogP contribution in [-0.4, -0.2) is 43.8 Å². The fourth-order valence-electron chi connectivity index (χ4n) is 3.46. The maximum Gasteiger partial charge on any atom is 0.418 e. The van der Waals surface area contributed by atoms with E-state index in [0.29, 0.717) is 11.6 Å². The van der Waals surface area contributed by atoms with E-state index < -0.39 is 37.4 Å². The molecule has 0 radical (unpaired) electrons. The first-order valence-electron chi connectivity index (χ1n) is 9.20. The highest BCUT2D eigenvalue weighted by atomic mass is 35.5.